The van der Waals surface area contributed by atoms with Crippen LogP contribution in [0, 0.1) is 0 Å². The summed E-state index contributed by atoms with van der Waals surface area (Å²) in [4.78, 5) is 17.1. The average Bonchev–Trinajstić information content (AvgIpc) is 3.17. The number of phenolic OH excluding ortho intramolecular Hbond substituents is 1. The lowest BCUT2D eigenvalue weighted by atomic mass is 9.95. The third kappa shape index (κ3) is 44.0. The summed E-state index contributed by atoms with van der Waals surface area (Å²) in [5, 5.41) is 23.7. The minimum atomic E-state index is -0.750. The maximum Gasteiger partial charge on any atom is 0.142 e. The number of hydrogen-bond acceptors (Lipinski definition) is 9. The fourth-order valence-corrected chi connectivity index (χ4v) is 3.39. The molecule has 0 aliphatic heterocycles. The molecule has 0 heterocycles. The Bertz CT molecular complexity index is 1080. The van der Waals surface area contributed by atoms with E-state index in [4.69, 9.17) is 34.0 Å². The van der Waals surface area contributed by atoms with Crippen LogP contribution in [0.1, 0.15) is 72.3 Å². The number of ether oxygens (including phenoxy) is 3. The van der Waals surface area contributed by atoms with E-state index in [-0.39, 0.29) is 0 Å². The number of methoxy groups -OCH3 is 2. The molecule has 0 spiro atoms. The number of allylic oxidation sites excluding steroid dienone is 6. The SMILES string of the molecule is C/C=C/C=C(\C=C/F)OCCOC.C=CC.C=CC=O.C=O.CC.CCCCCCCc1cc(OC)ccc1-c1ccc(O)cc1.CS.OCO. The molecule has 10 heteroatoms. The molecular formula is C41H67FO8S. The zero-order valence-corrected chi connectivity index (χ0v) is 33.2. The van der Waals surface area contributed by atoms with Gasteiger partial charge < -0.3 is 34.3 Å². The predicted octanol–water partition coefficient (Wildman–Crippen LogP) is 10.1. The summed E-state index contributed by atoms with van der Waals surface area (Å²) in [6, 6.07) is 13.7. The molecule has 0 aliphatic rings. The highest BCUT2D eigenvalue weighted by Gasteiger charge is 2.07. The van der Waals surface area contributed by atoms with Crippen LogP contribution in [0.2, 0.25) is 0 Å². The standard InChI is InChI=1S/C20H26O2.C10H15FO2.C3H4O.C3H6.C2H6.CH4O2.CH2O.CH4S/c1-3-4-5-6-7-8-17-15-19(22-2)13-14-20(17)16-9-11-18(21)12-10-16;1-3-4-5-10(6-7-11)13-9-8-12-2;1-2-3-4;1-3-2;1-2;2-1-3;2*1-2/h9-15,21H,3-8H2,1-2H3;3-7H,8-9H2,1-2H3;2-3H,1H2;3H,1H2,2H3;1-2H3;2-3H,1H2;1H2;2H,1H3/b;4-3+,7-6-,10-5+;;;;;;. The maximum absolute atomic E-state index is 11.8. The second kappa shape index (κ2) is 55.5. The van der Waals surface area contributed by atoms with E-state index in [1.165, 1.54) is 55.4 Å². The van der Waals surface area contributed by atoms with Gasteiger partial charge in [0.1, 0.15) is 43.7 Å². The number of phenols is 1. The Kier molecular flexibility index (Phi) is 64.4. The van der Waals surface area contributed by atoms with Gasteiger partial charge in [-0.2, -0.15) is 12.6 Å². The number of benzene rings is 2. The van der Waals surface area contributed by atoms with Gasteiger partial charge in [-0.25, -0.2) is 4.39 Å². The van der Waals surface area contributed by atoms with Crippen molar-refractivity contribution < 1.29 is 43.5 Å². The molecule has 0 unspecified atom stereocenters. The number of carbonyl (C=O) groups excluding carboxylic acids is 2. The quantitative estimate of drug-likeness (QED) is 0.0208. The number of carbonyl (C=O) groups is 2. The second-order valence-electron chi connectivity index (χ2n) is 8.88. The number of hydrogen-bond donors (Lipinski definition) is 4. The molecule has 0 atom stereocenters. The molecule has 292 valence electrons. The van der Waals surface area contributed by atoms with Gasteiger partial charge in [0.2, 0.25) is 0 Å². The third-order valence-electron chi connectivity index (χ3n) is 5.37. The summed E-state index contributed by atoms with van der Waals surface area (Å²) in [5.74, 6) is 1.70. The number of rotatable bonds is 15. The van der Waals surface area contributed by atoms with Crippen molar-refractivity contribution >= 4 is 25.7 Å². The molecule has 0 amide bonds. The van der Waals surface area contributed by atoms with Crippen LogP contribution in [0.15, 0.2) is 104 Å². The van der Waals surface area contributed by atoms with Gasteiger partial charge in [0.05, 0.1) is 20.0 Å². The summed E-state index contributed by atoms with van der Waals surface area (Å²) >= 11 is 3.53. The lowest BCUT2D eigenvalue weighted by Gasteiger charge is -2.12. The molecule has 3 N–H and O–H groups in total. The van der Waals surface area contributed by atoms with Crippen molar-refractivity contribution in [1.82, 2.24) is 0 Å². The van der Waals surface area contributed by atoms with Gasteiger partial charge in [-0.3, -0.25) is 4.79 Å². The molecule has 51 heavy (non-hydrogen) atoms. The van der Waals surface area contributed by atoms with Crippen molar-refractivity contribution in [3.63, 3.8) is 0 Å². The summed E-state index contributed by atoms with van der Waals surface area (Å²) < 4.78 is 27.2. The maximum atomic E-state index is 11.8. The van der Waals surface area contributed by atoms with Crippen molar-refractivity contribution in [3.05, 3.63) is 110 Å². The first-order valence-corrected chi connectivity index (χ1v) is 17.5. The largest absolute Gasteiger partial charge is 0.508 e. The molecule has 0 radical (unpaired) electrons. The van der Waals surface area contributed by atoms with E-state index in [9.17, 15) is 9.50 Å². The van der Waals surface area contributed by atoms with Crippen molar-refractivity contribution in [2.75, 3.05) is 40.5 Å². The molecule has 8 nitrogen and oxygen atoms in total. The van der Waals surface area contributed by atoms with Gasteiger partial charge in [0.15, 0.2) is 0 Å². The lowest BCUT2D eigenvalue weighted by molar-refractivity contribution is -0.104. The van der Waals surface area contributed by atoms with Crippen LogP contribution in [-0.2, 0) is 25.5 Å². The zero-order valence-electron chi connectivity index (χ0n) is 32.4. The van der Waals surface area contributed by atoms with Gasteiger partial charge in [-0.1, -0.05) is 89.5 Å². The molecule has 0 aromatic heterocycles. The summed E-state index contributed by atoms with van der Waals surface area (Å²) in [6.45, 7) is 18.6. The minimum Gasteiger partial charge on any atom is -0.508 e. The van der Waals surface area contributed by atoms with Gasteiger partial charge in [0, 0.05) is 13.2 Å². The number of aldehydes is 1. The molecule has 2 aromatic rings. The first-order chi connectivity index (χ1) is 24.8. The first kappa shape index (κ1) is 59.2. The van der Waals surface area contributed by atoms with E-state index in [0.29, 0.717) is 37.3 Å². The Balaban J connectivity index is -0.000000148. The van der Waals surface area contributed by atoms with E-state index >= 15 is 0 Å². The number of aromatic hydroxyl groups is 1. The highest BCUT2D eigenvalue weighted by molar-refractivity contribution is 7.79. The molecule has 0 saturated heterocycles. The van der Waals surface area contributed by atoms with Crippen molar-refractivity contribution in [3.8, 4) is 22.6 Å². The van der Waals surface area contributed by atoms with Crippen LogP contribution in [0.3, 0.4) is 0 Å². The smallest absolute Gasteiger partial charge is 0.142 e. The number of halogens is 1. The molecule has 2 aromatic carbocycles. The van der Waals surface area contributed by atoms with Crippen LogP contribution < -0.4 is 4.74 Å². The Morgan fingerprint density at radius 1 is 0.922 bits per heavy atom. The monoisotopic (exact) mass is 738 g/mol. The van der Waals surface area contributed by atoms with Crippen LogP contribution >= 0.6 is 12.6 Å². The number of unbranched alkanes of at least 4 members (excludes halogenated alkanes) is 4. The average molecular weight is 739 g/mol. The molecule has 0 fully saturated rings. The Labute approximate surface area is 314 Å². The van der Waals surface area contributed by atoms with E-state index in [1.54, 1.807) is 50.8 Å². The van der Waals surface area contributed by atoms with Crippen LogP contribution in [-0.4, -0.2) is 68.9 Å². The van der Waals surface area contributed by atoms with Gasteiger partial charge in [-0.15, -0.1) is 6.58 Å². The van der Waals surface area contributed by atoms with E-state index in [2.05, 4.69) is 44.8 Å². The molecule has 2 rings (SSSR count). The topological polar surface area (TPSA) is 123 Å². The van der Waals surface area contributed by atoms with Crippen LogP contribution in [0.4, 0.5) is 4.39 Å². The number of thiol groups is 1. The molecular weight excluding hydrogens is 672 g/mol. The first-order valence-electron chi connectivity index (χ1n) is 16.6. The van der Waals surface area contributed by atoms with Crippen molar-refractivity contribution in [2.45, 2.75) is 73.1 Å². The summed E-state index contributed by atoms with van der Waals surface area (Å²) in [7, 11) is 3.30. The fraction of sp³-hybridized carbons (Fsp3) is 0.415. The van der Waals surface area contributed by atoms with E-state index in [1.807, 2.05) is 58.8 Å². The van der Waals surface area contributed by atoms with E-state index < -0.39 is 6.79 Å². The molecule has 0 saturated carbocycles. The van der Waals surface area contributed by atoms with Gasteiger partial charge >= 0.3 is 0 Å². The van der Waals surface area contributed by atoms with Crippen LogP contribution in [0.5, 0.6) is 11.5 Å². The minimum absolute atomic E-state index is 0.304. The normalized spacial score (nSPS) is 9.22. The fourth-order valence-electron chi connectivity index (χ4n) is 3.39. The number of aliphatic hydroxyl groups excluding tert-OH is 1. The van der Waals surface area contributed by atoms with E-state index in [0.717, 1.165) is 17.7 Å². The van der Waals surface area contributed by atoms with Crippen LogP contribution in [0.25, 0.3) is 11.1 Å². The zero-order chi connectivity index (χ0) is 40.6. The Morgan fingerprint density at radius 2 is 1.45 bits per heavy atom. The third-order valence-corrected chi connectivity index (χ3v) is 5.37. The molecule has 0 bridgehead atoms. The predicted molar refractivity (Wildman–Crippen MR) is 218 cm³/mol. The van der Waals surface area contributed by atoms with Gasteiger partial charge in [-0.05, 0) is 86.1 Å². The summed E-state index contributed by atoms with van der Waals surface area (Å²) in [6.07, 6.45) is 19.8. The summed E-state index contributed by atoms with van der Waals surface area (Å²) in [5.41, 5.74) is 3.70. The number of aliphatic hydroxyl groups is 2. The Hall–Kier alpha value is -3.96. The Morgan fingerprint density at radius 3 is 1.88 bits per heavy atom. The lowest BCUT2D eigenvalue weighted by Crippen LogP contribution is -2.00. The van der Waals surface area contributed by atoms with Gasteiger partial charge in [0.25, 0.3) is 0 Å². The second-order valence-corrected chi connectivity index (χ2v) is 8.88. The highest BCUT2D eigenvalue weighted by Crippen LogP contribution is 2.30. The van der Waals surface area contributed by atoms with Crippen molar-refractivity contribution in [1.29, 1.82) is 0 Å². The molecule has 0 aliphatic carbocycles. The van der Waals surface area contributed by atoms with Crippen molar-refractivity contribution in [2.24, 2.45) is 0 Å². The number of aryl methyl sites for hydroxylation is 1. The highest BCUT2D eigenvalue weighted by atomic mass is 32.1.